The Morgan fingerprint density at radius 3 is 2.12 bits per heavy atom. The van der Waals surface area contributed by atoms with Crippen LogP contribution in [0.4, 0.5) is 0 Å². The second kappa shape index (κ2) is 3.10. The van der Waals surface area contributed by atoms with Crippen molar-refractivity contribution in [3.05, 3.63) is 0 Å². The molecule has 0 spiro atoms. The predicted octanol–water partition coefficient (Wildman–Crippen LogP) is -0.0165. The molecule has 2 nitrogen and oxygen atoms in total. The average Bonchev–Trinajstić information content (AvgIpc) is 1.59. The molecule has 0 fully saturated rings. The van der Waals surface area contributed by atoms with Gasteiger partial charge >= 0.3 is 0 Å². The minimum atomic E-state index is -1.95. The van der Waals surface area contributed by atoms with Gasteiger partial charge < -0.3 is 10.2 Å². The lowest BCUT2D eigenvalue weighted by atomic mass is 9.90. The summed E-state index contributed by atoms with van der Waals surface area (Å²) in [5, 5.41) is 17.0. The molecule has 0 saturated heterocycles. The van der Waals surface area contributed by atoms with E-state index in [1.165, 1.54) is 0 Å². The number of aliphatic hydroxyl groups is 2. The Kier molecular flexibility index (Phi) is 3.09. The van der Waals surface area contributed by atoms with Gasteiger partial charge in [0.1, 0.15) is 5.69 Å². The summed E-state index contributed by atoms with van der Waals surface area (Å²) in [6.07, 6.45) is 1.94. The highest BCUT2D eigenvalue weighted by atomic mass is 16.5. The highest BCUT2D eigenvalue weighted by molar-refractivity contribution is 6.12. The van der Waals surface area contributed by atoms with Gasteiger partial charge in [0.15, 0.2) is 7.85 Å². The third-order valence-corrected chi connectivity index (χ3v) is 0.898. The lowest BCUT2D eigenvalue weighted by Gasteiger charge is -2.14. The summed E-state index contributed by atoms with van der Waals surface area (Å²) in [4.78, 5) is 0. The Labute approximate surface area is 50.9 Å². The van der Waals surface area contributed by atoms with Crippen molar-refractivity contribution in [2.45, 2.75) is 31.9 Å². The van der Waals surface area contributed by atoms with Crippen molar-refractivity contribution < 1.29 is 10.2 Å². The molecule has 46 valence electrons. The molecule has 0 unspecified atom stereocenters. The molecular weight excluding hydrogens is 103 g/mol. The Morgan fingerprint density at radius 1 is 1.50 bits per heavy atom. The van der Waals surface area contributed by atoms with Gasteiger partial charge in [-0.05, 0) is 12.8 Å². The van der Waals surface area contributed by atoms with Crippen LogP contribution in [0.15, 0.2) is 0 Å². The van der Waals surface area contributed by atoms with Gasteiger partial charge in [0, 0.05) is 0 Å². The summed E-state index contributed by atoms with van der Waals surface area (Å²) < 4.78 is 0. The molecule has 0 atom stereocenters. The zero-order chi connectivity index (χ0) is 6.62. The maximum Gasteiger partial charge on any atom is 0.153 e. The number of hydrogen-bond donors (Lipinski definition) is 2. The fraction of sp³-hybridized carbons (Fsp3) is 1.00. The van der Waals surface area contributed by atoms with Crippen molar-refractivity contribution in [3.8, 4) is 0 Å². The summed E-state index contributed by atoms with van der Waals surface area (Å²) in [6.45, 7) is 1.96. The third kappa shape index (κ3) is 5.98. The van der Waals surface area contributed by atoms with Crippen molar-refractivity contribution in [1.29, 1.82) is 0 Å². The Morgan fingerprint density at radius 2 is 2.00 bits per heavy atom. The van der Waals surface area contributed by atoms with Gasteiger partial charge in [-0.15, -0.1) is 0 Å². The molecule has 8 heavy (non-hydrogen) atoms. The van der Waals surface area contributed by atoms with Gasteiger partial charge in [-0.25, -0.2) is 0 Å². The minimum Gasteiger partial charge on any atom is -0.375 e. The zero-order valence-corrected chi connectivity index (χ0v) is 5.09. The smallest absolute Gasteiger partial charge is 0.153 e. The van der Waals surface area contributed by atoms with Crippen LogP contribution < -0.4 is 0 Å². The van der Waals surface area contributed by atoms with Crippen molar-refractivity contribution in [3.63, 3.8) is 0 Å². The summed E-state index contributed by atoms with van der Waals surface area (Å²) in [5.74, 6) is 0. The topological polar surface area (TPSA) is 40.5 Å². The summed E-state index contributed by atoms with van der Waals surface area (Å²) >= 11 is 0. The molecule has 0 amide bonds. The lowest BCUT2D eigenvalue weighted by Crippen LogP contribution is -2.27. The summed E-state index contributed by atoms with van der Waals surface area (Å²) in [5.41, 5.74) is -1.95. The summed E-state index contributed by atoms with van der Waals surface area (Å²) in [6, 6.07) is 0. The van der Waals surface area contributed by atoms with Crippen molar-refractivity contribution in [2.75, 3.05) is 0 Å². The van der Waals surface area contributed by atoms with E-state index in [2.05, 4.69) is 0 Å². The van der Waals surface area contributed by atoms with E-state index in [4.69, 9.17) is 18.1 Å². The van der Waals surface area contributed by atoms with Crippen LogP contribution in [0.2, 0.25) is 0 Å². The molecule has 0 bridgehead atoms. The van der Waals surface area contributed by atoms with Crippen LogP contribution in [0, 0.1) is 0 Å². The molecule has 2 radical (unpaired) electrons. The minimum absolute atomic E-state index is 0.253. The monoisotopic (exact) mass is 114 g/mol. The van der Waals surface area contributed by atoms with Crippen molar-refractivity contribution >= 4 is 7.85 Å². The molecule has 0 saturated carbocycles. The fourth-order valence-corrected chi connectivity index (χ4v) is 0.437. The van der Waals surface area contributed by atoms with E-state index in [1.54, 1.807) is 0 Å². The average molecular weight is 114 g/mol. The van der Waals surface area contributed by atoms with Crippen molar-refractivity contribution in [2.24, 2.45) is 0 Å². The number of hydrogen-bond acceptors (Lipinski definition) is 2. The third-order valence-electron chi connectivity index (χ3n) is 0.898. The molecule has 0 aromatic rings. The van der Waals surface area contributed by atoms with Crippen LogP contribution in [0.5, 0.6) is 0 Å². The first-order valence-corrected chi connectivity index (χ1v) is 2.80. The van der Waals surface area contributed by atoms with Gasteiger partial charge in [-0.2, -0.15) is 0 Å². The first-order chi connectivity index (χ1) is 3.56. The van der Waals surface area contributed by atoms with Gasteiger partial charge in [0.25, 0.3) is 0 Å². The Balaban J connectivity index is 3.11. The number of rotatable bonds is 3. The largest absolute Gasteiger partial charge is 0.375 e. The standard InChI is InChI=1S/C5H11BO2/c1-2-3-4-5(6,7)8/h7-8H,2-4H2,1H3. The first kappa shape index (κ1) is 7.98. The van der Waals surface area contributed by atoms with Gasteiger partial charge in [0.2, 0.25) is 0 Å². The first-order valence-electron chi connectivity index (χ1n) is 2.80. The van der Waals surface area contributed by atoms with E-state index >= 15 is 0 Å². The highest BCUT2D eigenvalue weighted by Gasteiger charge is 2.11. The van der Waals surface area contributed by atoms with E-state index in [1.807, 2.05) is 6.92 Å². The van der Waals surface area contributed by atoms with Crippen LogP contribution in [0.25, 0.3) is 0 Å². The predicted molar refractivity (Wildman–Crippen MR) is 32.4 cm³/mol. The van der Waals surface area contributed by atoms with E-state index < -0.39 is 5.69 Å². The lowest BCUT2D eigenvalue weighted by molar-refractivity contribution is -0.0911. The fourth-order valence-electron chi connectivity index (χ4n) is 0.437. The molecule has 0 aromatic heterocycles. The maximum absolute atomic E-state index is 8.48. The van der Waals surface area contributed by atoms with E-state index in [-0.39, 0.29) is 6.42 Å². The van der Waals surface area contributed by atoms with Crippen LogP contribution in [-0.2, 0) is 0 Å². The van der Waals surface area contributed by atoms with E-state index in [9.17, 15) is 0 Å². The molecule has 0 aliphatic carbocycles. The highest BCUT2D eigenvalue weighted by Crippen LogP contribution is 2.04. The summed E-state index contributed by atoms with van der Waals surface area (Å²) in [7, 11) is 4.83. The van der Waals surface area contributed by atoms with Crippen LogP contribution >= 0.6 is 0 Å². The molecule has 0 rings (SSSR count). The molecular formula is C5H11BO2. The second-order valence-corrected chi connectivity index (χ2v) is 1.98. The van der Waals surface area contributed by atoms with Crippen LogP contribution in [-0.4, -0.2) is 23.7 Å². The molecule has 0 aromatic carbocycles. The van der Waals surface area contributed by atoms with Gasteiger partial charge in [-0.1, -0.05) is 13.3 Å². The molecule has 0 heterocycles. The van der Waals surface area contributed by atoms with Gasteiger partial charge in [-0.3, -0.25) is 0 Å². The maximum atomic E-state index is 8.48. The SMILES string of the molecule is [B]C(O)(O)CCCC. The molecule has 3 heteroatoms. The van der Waals surface area contributed by atoms with Crippen LogP contribution in [0.3, 0.4) is 0 Å². The van der Waals surface area contributed by atoms with E-state index in [0.29, 0.717) is 0 Å². The molecule has 0 aliphatic rings. The quantitative estimate of drug-likeness (QED) is 0.400. The molecule has 2 N–H and O–H groups in total. The Bertz CT molecular complexity index is 57.9. The molecule has 0 aliphatic heterocycles. The van der Waals surface area contributed by atoms with E-state index in [0.717, 1.165) is 12.8 Å². The second-order valence-electron chi connectivity index (χ2n) is 1.98. The Hall–Kier alpha value is -0.0151. The zero-order valence-electron chi connectivity index (χ0n) is 5.09. The number of unbranched alkanes of at least 4 members (excludes halogenated alkanes) is 1. The normalized spacial score (nSPS) is 11.9. The van der Waals surface area contributed by atoms with Crippen LogP contribution in [0.1, 0.15) is 26.2 Å². The van der Waals surface area contributed by atoms with Crippen molar-refractivity contribution in [1.82, 2.24) is 0 Å². The van der Waals surface area contributed by atoms with Gasteiger partial charge in [0.05, 0.1) is 0 Å².